The van der Waals surface area contributed by atoms with Gasteiger partial charge < -0.3 is 5.11 Å². The average Bonchev–Trinajstić information content (AvgIpc) is 2.39. The molecule has 20 heavy (non-hydrogen) atoms. The molecule has 1 aromatic rings. The first kappa shape index (κ1) is 16.6. The summed E-state index contributed by atoms with van der Waals surface area (Å²) in [6.45, 7) is 4.13. The summed E-state index contributed by atoms with van der Waals surface area (Å²) in [6, 6.07) is 7.92. The summed E-state index contributed by atoms with van der Waals surface area (Å²) in [4.78, 5) is 10.9. The van der Waals surface area contributed by atoms with Crippen molar-refractivity contribution in [3.63, 3.8) is 0 Å². The van der Waals surface area contributed by atoms with E-state index in [2.05, 4.69) is 4.72 Å². The lowest BCUT2D eigenvalue weighted by atomic mass is 10.1. The van der Waals surface area contributed by atoms with Crippen molar-refractivity contribution in [3.8, 4) is 0 Å². The van der Waals surface area contributed by atoms with Crippen molar-refractivity contribution in [2.75, 3.05) is 13.1 Å². The Balaban J connectivity index is 2.99. The largest absolute Gasteiger partial charge is 0.481 e. The molecule has 112 valence electrons. The number of carbonyl (C=O) groups is 1. The third kappa shape index (κ3) is 4.59. The summed E-state index contributed by atoms with van der Waals surface area (Å²) >= 11 is 0. The van der Waals surface area contributed by atoms with Gasteiger partial charge in [0.1, 0.15) is 0 Å². The van der Waals surface area contributed by atoms with E-state index in [4.69, 9.17) is 5.11 Å². The first-order chi connectivity index (χ1) is 9.40. The van der Waals surface area contributed by atoms with E-state index in [1.54, 1.807) is 44.2 Å². The Hall–Kier alpha value is -1.44. The van der Waals surface area contributed by atoms with E-state index in [0.717, 1.165) is 0 Å². The molecular weight excluding hydrogens is 280 g/mol. The fourth-order valence-electron chi connectivity index (χ4n) is 1.91. The number of nitrogens with one attached hydrogen (secondary N) is 1. The van der Waals surface area contributed by atoms with Gasteiger partial charge in [-0.05, 0) is 5.56 Å². The number of hydrogen-bond acceptors (Lipinski definition) is 3. The molecule has 1 unspecified atom stereocenters. The summed E-state index contributed by atoms with van der Waals surface area (Å²) in [5.41, 5.74) is 0.630. The molecule has 0 fully saturated rings. The van der Waals surface area contributed by atoms with Gasteiger partial charge in [0, 0.05) is 13.1 Å². The topological polar surface area (TPSA) is 86.7 Å². The van der Waals surface area contributed by atoms with Crippen LogP contribution in [0.1, 0.15) is 31.9 Å². The van der Waals surface area contributed by atoms with Crippen molar-refractivity contribution >= 4 is 16.2 Å². The quantitative estimate of drug-likeness (QED) is 0.759. The Labute approximate surface area is 119 Å². The SMILES string of the molecule is CCN(CC)S(=O)(=O)NC(CC(=O)O)c1ccccc1. The van der Waals surface area contributed by atoms with Crippen molar-refractivity contribution in [2.45, 2.75) is 26.3 Å². The number of benzene rings is 1. The second-order valence-electron chi connectivity index (χ2n) is 4.27. The van der Waals surface area contributed by atoms with Gasteiger partial charge in [0.05, 0.1) is 12.5 Å². The maximum absolute atomic E-state index is 12.2. The normalized spacial score (nSPS) is 13.3. The Bertz CT molecular complexity index is 527. The van der Waals surface area contributed by atoms with Crippen LogP contribution in [0.5, 0.6) is 0 Å². The van der Waals surface area contributed by atoms with Crippen molar-refractivity contribution in [1.29, 1.82) is 0 Å². The summed E-state index contributed by atoms with van der Waals surface area (Å²) in [6.07, 6.45) is -0.301. The second kappa shape index (κ2) is 7.37. The van der Waals surface area contributed by atoms with E-state index >= 15 is 0 Å². The lowest BCUT2D eigenvalue weighted by Gasteiger charge is -2.23. The molecule has 1 atom stereocenters. The van der Waals surface area contributed by atoms with Gasteiger partial charge in [-0.1, -0.05) is 44.2 Å². The van der Waals surface area contributed by atoms with Crippen LogP contribution in [0.2, 0.25) is 0 Å². The van der Waals surface area contributed by atoms with Crippen molar-refractivity contribution in [3.05, 3.63) is 35.9 Å². The molecule has 6 nitrogen and oxygen atoms in total. The zero-order chi connectivity index (χ0) is 15.2. The number of rotatable bonds is 8. The summed E-state index contributed by atoms with van der Waals surface area (Å²) < 4.78 is 28.1. The van der Waals surface area contributed by atoms with E-state index in [9.17, 15) is 13.2 Å². The third-order valence-corrected chi connectivity index (χ3v) is 4.70. The number of hydrogen-bond donors (Lipinski definition) is 2. The molecule has 0 amide bonds. The third-order valence-electron chi connectivity index (χ3n) is 2.92. The van der Waals surface area contributed by atoms with Gasteiger partial charge in [-0.25, -0.2) is 0 Å². The maximum Gasteiger partial charge on any atom is 0.305 e. The lowest BCUT2D eigenvalue weighted by molar-refractivity contribution is -0.137. The highest BCUT2D eigenvalue weighted by Gasteiger charge is 2.25. The first-order valence-electron chi connectivity index (χ1n) is 6.44. The molecule has 0 aliphatic rings. The Kier molecular flexibility index (Phi) is 6.12. The van der Waals surface area contributed by atoms with E-state index in [-0.39, 0.29) is 6.42 Å². The first-order valence-corrected chi connectivity index (χ1v) is 7.88. The van der Waals surface area contributed by atoms with E-state index in [1.807, 2.05) is 0 Å². The molecule has 0 spiro atoms. The molecule has 0 aliphatic carbocycles. The Morgan fingerprint density at radius 3 is 2.25 bits per heavy atom. The van der Waals surface area contributed by atoms with Gasteiger partial charge in [-0.3, -0.25) is 4.79 Å². The molecule has 2 N–H and O–H groups in total. The molecule has 0 saturated heterocycles. The van der Waals surface area contributed by atoms with Gasteiger partial charge in [0.15, 0.2) is 0 Å². The second-order valence-corrected chi connectivity index (χ2v) is 5.97. The predicted molar refractivity (Wildman–Crippen MR) is 76.4 cm³/mol. The highest BCUT2D eigenvalue weighted by molar-refractivity contribution is 7.87. The van der Waals surface area contributed by atoms with E-state index in [1.165, 1.54) is 4.31 Å². The van der Waals surface area contributed by atoms with Crippen LogP contribution in [0.4, 0.5) is 0 Å². The zero-order valence-electron chi connectivity index (χ0n) is 11.6. The monoisotopic (exact) mass is 300 g/mol. The van der Waals surface area contributed by atoms with Crippen LogP contribution in [0.3, 0.4) is 0 Å². The fourth-order valence-corrected chi connectivity index (χ4v) is 3.31. The van der Waals surface area contributed by atoms with Crippen molar-refractivity contribution < 1.29 is 18.3 Å². The highest BCUT2D eigenvalue weighted by atomic mass is 32.2. The van der Waals surface area contributed by atoms with Crippen LogP contribution in [0.25, 0.3) is 0 Å². The van der Waals surface area contributed by atoms with Gasteiger partial charge in [0.2, 0.25) is 0 Å². The molecular formula is C13H20N2O4S. The fraction of sp³-hybridized carbons (Fsp3) is 0.462. The van der Waals surface area contributed by atoms with Gasteiger partial charge in [0.25, 0.3) is 10.2 Å². The van der Waals surface area contributed by atoms with Crippen LogP contribution >= 0.6 is 0 Å². The molecule has 0 aliphatic heterocycles. The molecule has 0 heterocycles. The minimum atomic E-state index is -3.70. The zero-order valence-corrected chi connectivity index (χ0v) is 12.4. The van der Waals surface area contributed by atoms with Gasteiger partial charge in [-0.15, -0.1) is 0 Å². The standard InChI is InChI=1S/C13H20N2O4S/c1-3-15(4-2)20(18,19)14-12(10-13(16)17)11-8-6-5-7-9-11/h5-9,12,14H,3-4,10H2,1-2H3,(H,16,17). The van der Waals surface area contributed by atoms with Gasteiger partial charge >= 0.3 is 5.97 Å². The number of carboxylic acids is 1. The van der Waals surface area contributed by atoms with Crippen LogP contribution in [0, 0.1) is 0 Å². The minimum absolute atomic E-state index is 0.301. The van der Waals surface area contributed by atoms with Crippen LogP contribution < -0.4 is 4.72 Å². The van der Waals surface area contributed by atoms with Crippen molar-refractivity contribution in [2.24, 2.45) is 0 Å². The summed E-state index contributed by atoms with van der Waals surface area (Å²) in [7, 11) is -3.70. The number of aliphatic carboxylic acids is 1. The average molecular weight is 300 g/mol. The number of nitrogens with zero attached hydrogens (tertiary/aromatic N) is 1. The lowest BCUT2D eigenvalue weighted by Crippen LogP contribution is -2.42. The molecule has 1 rings (SSSR count). The van der Waals surface area contributed by atoms with Crippen LogP contribution in [-0.2, 0) is 15.0 Å². The summed E-state index contributed by atoms with van der Waals surface area (Å²) in [5.74, 6) is -1.05. The van der Waals surface area contributed by atoms with E-state index in [0.29, 0.717) is 18.7 Å². The number of carboxylic acid groups (broad SMARTS) is 1. The summed E-state index contributed by atoms with van der Waals surface area (Å²) in [5, 5.41) is 8.95. The van der Waals surface area contributed by atoms with E-state index < -0.39 is 22.2 Å². The molecule has 7 heteroatoms. The predicted octanol–water partition coefficient (Wildman–Crippen LogP) is 1.38. The van der Waals surface area contributed by atoms with Crippen LogP contribution in [0.15, 0.2) is 30.3 Å². The minimum Gasteiger partial charge on any atom is -0.481 e. The maximum atomic E-state index is 12.2. The molecule has 0 radical (unpaired) electrons. The Morgan fingerprint density at radius 1 is 1.25 bits per heavy atom. The Morgan fingerprint density at radius 2 is 1.80 bits per heavy atom. The molecule has 0 saturated carbocycles. The molecule has 1 aromatic carbocycles. The highest BCUT2D eigenvalue weighted by Crippen LogP contribution is 2.18. The molecule has 0 bridgehead atoms. The van der Waals surface area contributed by atoms with Crippen LogP contribution in [-0.4, -0.2) is 36.9 Å². The van der Waals surface area contributed by atoms with Crippen molar-refractivity contribution in [1.82, 2.24) is 9.03 Å². The molecule has 0 aromatic heterocycles. The van der Waals surface area contributed by atoms with Gasteiger partial charge in [-0.2, -0.15) is 17.4 Å². The smallest absolute Gasteiger partial charge is 0.305 e.